The third-order valence-corrected chi connectivity index (χ3v) is 6.57. The molecule has 2 saturated heterocycles. The van der Waals surface area contributed by atoms with Crippen molar-refractivity contribution in [2.24, 2.45) is 5.41 Å². The second kappa shape index (κ2) is 8.53. The SMILES string of the molecule is CNC(=O)N1CC(N(C(=O)NCc2ccc(Cl)cc2F)C2CC2)CC2(CNC(=O)C2)C1. The Kier molecular flexibility index (Phi) is 5.96. The predicted octanol–water partition coefficient (Wildman–Crippen LogP) is 2.07. The van der Waals surface area contributed by atoms with Gasteiger partial charge in [-0.05, 0) is 31.4 Å². The van der Waals surface area contributed by atoms with Crippen LogP contribution in [0.4, 0.5) is 14.0 Å². The van der Waals surface area contributed by atoms with E-state index in [2.05, 4.69) is 16.0 Å². The van der Waals surface area contributed by atoms with E-state index in [4.69, 9.17) is 11.6 Å². The fraction of sp³-hybridized carbons (Fsp3) is 0.571. The Bertz CT molecular complexity index is 896. The molecule has 8 nitrogen and oxygen atoms in total. The number of carbonyl (C=O) groups is 3. The Morgan fingerprint density at radius 2 is 2.13 bits per heavy atom. The molecule has 3 aliphatic rings. The molecule has 1 saturated carbocycles. The minimum atomic E-state index is -0.469. The lowest BCUT2D eigenvalue weighted by Crippen LogP contribution is -2.61. The molecule has 168 valence electrons. The van der Waals surface area contributed by atoms with E-state index in [1.54, 1.807) is 29.0 Å². The summed E-state index contributed by atoms with van der Waals surface area (Å²) in [5.74, 6) is -0.498. The summed E-state index contributed by atoms with van der Waals surface area (Å²) < 4.78 is 14.1. The lowest BCUT2D eigenvalue weighted by atomic mass is 9.76. The first kappa shape index (κ1) is 21.7. The average molecular weight is 452 g/mol. The number of halogens is 2. The molecule has 2 aliphatic heterocycles. The van der Waals surface area contributed by atoms with Crippen molar-refractivity contribution in [3.63, 3.8) is 0 Å². The van der Waals surface area contributed by atoms with Gasteiger partial charge in [0.15, 0.2) is 0 Å². The topological polar surface area (TPSA) is 93.8 Å². The number of hydrogen-bond acceptors (Lipinski definition) is 3. The number of urea groups is 2. The molecule has 1 aliphatic carbocycles. The zero-order chi connectivity index (χ0) is 22.2. The van der Waals surface area contributed by atoms with Crippen LogP contribution in [0.1, 0.15) is 31.2 Å². The number of nitrogens with zero attached hydrogens (tertiary/aromatic N) is 2. The number of amides is 5. The molecule has 3 N–H and O–H groups in total. The molecule has 0 aromatic heterocycles. The van der Waals surface area contributed by atoms with Gasteiger partial charge >= 0.3 is 12.1 Å². The van der Waals surface area contributed by atoms with E-state index in [0.29, 0.717) is 43.1 Å². The van der Waals surface area contributed by atoms with Gasteiger partial charge in [-0.1, -0.05) is 17.7 Å². The van der Waals surface area contributed by atoms with E-state index in [0.717, 1.165) is 12.8 Å². The summed E-state index contributed by atoms with van der Waals surface area (Å²) in [6, 6.07) is 3.72. The standard InChI is InChI=1S/C21H27ClFN5O3/c1-24-19(30)27-10-16(7-21(12-27)8-18(29)26-11-21)28(15-4-5-15)20(31)25-9-13-2-3-14(22)6-17(13)23/h2-3,6,15-16H,4-5,7-12H2,1H3,(H,24,30)(H,25,31)(H,26,29). The monoisotopic (exact) mass is 451 g/mol. The van der Waals surface area contributed by atoms with Crippen molar-refractivity contribution >= 4 is 29.6 Å². The molecule has 0 bridgehead atoms. The maximum atomic E-state index is 14.1. The molecule has 1 aromatic carbocycles. The zero-order valence-electron chi connectivity index (χ0n) is 17.4. The molecular weight excluding hydrogens is 425 g/mol. The van der Waals surface area contributed by atoms with Crippen LogP contribution in [0.3, 0.4) is 0 Å². The molecule has 1 aromatic rings. The highest BCUT2D eigenvalue weighted by Crippen LogP contribution is 2.40. The van der Waals surface area contributed by atoms with Gasteiger partial charge < -0.3 is 25.8 Å². The smallest absolute Gasteiger partial charge is 0.318 e. The van der Waals surface area contributed by atoms with Gasteiger partial charge in [0.25, 0.3) is 0 Å². The van der Waals surface area contributed by atoms with Crippen molar-refractivity contribution in [1.29, 1.82) is 0 Å². The lowest BCUT2D eigenvalue weighted by molar-refractivity contribution is -0.120. The number of likely N-dealkylation sites (tertiary alicyclic amines) is 1. The molecule has 2 unspecified atom stereocenters. The summed E-state index contributed by atoms with van der Waals surface area (Å²) in [5.41, 5.74) is -0.0337. The fourth-order valence-corrected chi connectivity index (χ4v) is 4.93. The molecular formula is C21H27ClFN5O3. The van der Waals surface area contributed by atoms with Crippen molar-refractivity contribution in [1.82, 2.24) is 25.8 Å². The lowest BCUT2D eigenvalue weighted by Gasteiger charge is -2.47. The van der Waals surface area contributed by atoms with Gasteiger partial charge in [0.1, 0.15) is 5.82 Å². The number of nitrogens with one attached hydrogen (secondary N) is 3. The molecule has 31 heavy (non-hydrogen) atoms. The molecule has 4 rings (SSSR count). The molecule has 5 amide bonds. The summed E-state index contributed by atoms with van der Waals surface area (Å²) >= 11 is 5.80. The molecule has 3 fully saturated rings. The highest BCUT2D eigenvalue weighted by molar-refractivity contribution is 6.30. The first-order valence-corrected chi connectivity index (χ1v) is 10.9. The van der Waals surface area contributed by atoms with E-state index in [1.807, 2.05) is 0 Å². The second-order valence-electron chi connectivity index (χ2n) is 8.78. The summed E-state index contributed by atoms with van der Waals surface area (Å²) in [4.78, 5) is 41.0. The summed E-state index contributed by atoms with van der Waals surface area (Å²) in [6.45, 7) is 1.40. The summed E-state index contributed by atoms with van der Waals surface area (Å²) in [6.07, 6.45) is 2.76. The highest BCUT2D eigenvalue weighted by Gasteiger charge is 2.50. The van der Waals surface area contributed by atoms with Crippen LogP contribution in [0.2, 0.25) is 5.02 Å². The predicted molar refractivity (Wildman–Crippen MR) is 113 cm³/mol. The highest BCUT2D eigenvalue weighted by atomic mass is 35.5. The van der Waals surface area contributed by atoms with Crippen LogP contribution in [0.5, 0.6) is 0 Å². The van der Waals surface area contributed by atoms with E-state index in [9.17, 15) is 18.8 Å². The van der Waals surface area contributed by atoms with Gasteiger partial charge in [-0.2, -0.15) is 0 Å². The van der Waals surface area contributed by atoms with Gasteiger partial charge in [0.2, 0.25) is 5.91 Å². The number of carbonyl (C=O) groups excluding carboxylic acids is 3. The maximum absolute atomic E-state index is 14.1. The first-order chi connectivity index (χ1) is 14.8. The number of benzene rings is 1. The van der Waals surface area contributed by atoms with Gasteiger partial charge in [0, 0.05) is 61.7 Å². The van der Waals surface area contributed by atoms with Gasteiger partial charge in [0.05, 0.1) is 6.04 Å². The van der Waals surface area contributed by atoms with Crippen LogP contribution in [0, 0.1) is 11.2 Å². The van der Waals surface area contributed by atoms with Crippen LogP contribution in [-0.2, 0) is 11.3 Å². The quantitative estimate of drug-likeness (QED) is 0.654. The minimum absolute atomic E-state index is 0.0295. The largest absolute Gasteiger partial charge is 0.355 e. The van der Waals surface area contributed by atoms with Gasteiger partial charge in [-0.25, -0.2) is 14.0 Å². The van der Waals surface area contributed by atoms with Crippen molar-refractivity contribution in [3.8, 4) is 0 Å². The Labute approximate surface area is 185 Å². The second-order valence-corrected chi connectivity index (χ2v) is 9.22. The van der Waals surface area contributed by atoms with Crippen LogP contribution in [-0.4, -0.2) is 66.5 Å². The number of piperidine rings is 1. The van der Waals surface area contributed by atoms with Crippen molar-refractivity contribution in [2.75, 3.05) is 26.7 Å². The van der Waals surface area contributed by atoms with E-state index >= 15 is 0 Å². The first-order valence-electron chi connectivity index (χ1n) is 10.5. The Morgan fingerprint density at radius 1 is 1.35 bits per heavy atom. The number of rotatable bonds is 4. The Balaban J connectivity index is 1.51. The summed E-state index contributed by atoms with van der Waals surface area (Å²) in [7, 11) is 1.57. The van der Waals surface area contributed by atoms with E-state index in [1.165, 1.54) is 6.07 Å². The minimum Gasteiger partial charge on any atom is -0.355 e. The van der Waals surface area contributed by atoms with Crippen molar-refractivity contribution in [2.45, 2.75) is 44.3 Å². The molecule has 0 radical (unpaired) electrons. The average Bonchev–Trinajstić information content (AvgIpc) is 3.50. The van der Waals surface area contributed by atoms with Crippen LogP contribution >= 0.6 is 11.6 Å². The van der Waals surface area contributed by atoms with Gasteiger partial charge in [-0.15, -0.1) is 0 Å². The van der Waals surface area contributed by atoms with Crippen LogP contribution in [0.15, 0.2) is 18.2 Å². The molecule has 1 spiro atoms. The van der Waals surface area contributed by atoms with E-state index in [-0.39, 0.29) is 42.0 Å². The van der Waals surface area contributed by atoms with Crippen molar-refractivity contribution < 1.29 is 18.8 Å². The third-order valence-electron chi connectivity index (χ3n) is 6.34. The number of hydrogen-bond donors (Lipinski definition) is 3. The molecule has 10 heteroatoms. The fourth-order valence-electron chi connectivity index (χ4n) is 4.77. The molecule has 2 heterocycles. The van der Waals surface area contributed by atoms with Crippen LogP contribution in [0.25, 0.3) is 0 Å². The van der Waals surface area contributed by atoms with E-state index < -0.39 is 5.82 Å². The summed E-state index contributed by atoms with van der Waals surface area (Å²) in [5, 5.41) is 8.66. The third kappa shape index (κ3) is 4.71. The van der Waals surface area contributed by atoms with Gasteiger partial charge in [-0.3, -0.25) is 4.79 Å². The molecule has 2 atom stereocenters. The Hall–Kier alpha value is -2.55. The van der Waals surface area contributed by atoms with Crippen LogP contribution < -0.4 is 16.0 Å². The zero-order valence-corrected chi connectivity index (χ0v) is 18.2. The normalized spacial score (nSPS) is 25.3. The van der Waals surface area contributed by atoms with Crippen molar-refractivity contribution in [3.05, 3.63) is 34.6 Å². The maximum Gasteiger partial charge on any atom is 0.318 e. The Morgan fingerprint density at radius 3 is 2.74 bits per heavy atom.